The largest absolute Gasteiger partial charge is 0.507 e. The molecular formula is C31H52O3. The van der Waals surface area contributed by atoms with Crippen molar-refractivity contribution >= 4 is 5.97 Å². The SMILES string of the molecule is CCCCCCCCCCCCCCCCCCC(Cc1cc(C)c(O)c(C)c1)=C(C)C(=O)O. The van der Waals surface area contributed by atoms with Gasteiger partial charge in [-0.15, -0.1) is 0 Å². The lowest BCUT2D eigenvalue weighted by molar-refractivity contribution is -0.132. The first kappa shape index (κ1) is 30.3. The fourth-order valence-corrected chi connectivity index (χ4v) is 4.84. The Morgan fingerprint density at radius 2 is 1.09 bits per heavy atom. The predicted molar refractivity (Wildman–Crippen MR) is 146 cm³/mol. The molecule has 0 aliphatic heterocycles. The van der Waals surface area contributed by atoms with Gasteiger partial charge in [-0.1, -0.05) is 121 Å². The summed E-state index contributed by atoms with van der Waals surface area (Å²) < 4.78 is 0. The van der Waals surface area contributed by atoms with Gasteiger partial charge in [0.2, 0.25) is 0 Å². The van der Waals surface area contributed by atoms with Gasteiger partial charge >= 0.3 is 5.97 Å². The molecule has 1 rings (SSSR count). The third-order valence-electron chi connectivity index (χ3n) is 7.15. The minimum absolute atomic E-state index is 0.335. The number of unbranched alkanes of at least 4 members (excludes halogenated alkanes) is 15. The van der Waals surface area contributed by atoms with Crippen LogP contribution in [0.1, 0.15) is 140 Å². The lowest BCUT2D eigenvalue weighted by Crippen LogP contribution is -2.04. The van der Waals surface area contributed by atoms with E-state index in [9.17, 15) is 15.0 Å². The second kappa shape index (κ2) is 18.5. The van der Waals surface area contributed by atoms with Crippen LogP contribution in [0.3, 0.4) is 0 Å². The molecule has 0 aliphatic rings. The second-order valence-electron chi connectivity index (χ2n) is 10.3. The van der Waals surface area contributed by atoms with Crippen LogP contribution >= 0.6 is 0 Å². The first-order chi connectivity index (χ1) is 16.4. The number of hydrogen-bond donors (Lipinski definition) is 2. The van der Waals surface area contributed by atoms with Gasteiger partial charge in [0, 0.05) is 5.57 Å². The Balaban J connectivity index is 2.18. The fourth-order valence-electron chi connectivity index (χ4n) is 4.84. The minimum atomic E-state index is -0.821. The van der Waals surface area contributed by atoms with E-state index >= 15 is 0 Å². The smallest absolute Gasteiger partial charge is 0.331 e. The van der Waals surface area contributed by atoms with E-state index in [1.54, 1.807) is 6.92 Å². The van der Waals surface area contributed by atoms with Gasteiger partial charge in [0.05, 0.1) is 0 Å². The Morgan fingerprint density at radius 1 is 0.706 bits per heavy atom. The summed E-state index contributed by atoms with van der Waals surface area (Å²) in [6.45, 7) is 7.80. The van der Waals surface area contributed by atoms with Crippen LogP contribution < -0.4 is 0 Å². The van der Waals surface area contributed by atoms with Gasteiger partial charge in [-0.05, 0) is 56.7 Å². The number of rotatable bonds is 20. The zero-order chi connectivity index (χ0) is 25.2. The van der Waals surface area contributed by atoms with E-state index in [2.05, 4.69) is 6.92 Å². The van der Waals surface area contributed by atoms with Gasteiger partial charge < -0.3 is 10.2 Å². The van der Waals surface area contributed by atoms with Crippen LogP contribution in [0.15, 0.2) is 23.3 Å². The summed E-state index contributed by atoms with van der Waals surface area (Å²) in [5.74, 6) is -0.485. The van der Waals surface area contributed by atoms with Crippen molar-refractivity contribution in [3.8, 4) is 5.75 Å². The van der Waals surface area contributed by atoms with Crippen molar-refractivity contribution in [2.45, 2.75) is 143 Å². The lowest BCUT2D eigenvalue weighted by Gasteiger charge is -2.13. The van der Waals surface area contributed by atoms with Crippen molar-refractivity contribution in [1.82, 2.24) is 0 Å². The van der Waals surface area contributed by atoms with Crippen LogP contribution in [-0.4, -0.2) is 16.2 Å². The molecule has 0 saturated heterocycles. The first-order valence-corrected chi connectivity index (χ1v) is 14.1. The second-order valence-corrected chi connectivity index (χ2v) is 10.3. The zero-order valence-corrected chi connectivity index (χ0v) is 22.7. The zero-order valence-electron chi connectivity index (χ0n) is 22.7. The summed E-state index contributed by atoms with van der Waals surface area (Å²) in [7, 11) is 0. The van der Waals surface area contributed by atoms with E-state index in [0.717, 1.165) is 35.1 Å². The van der Waals surface area contributed by atoms with Crippen molar-refractivity contribution in [2.75, 3.05) is 0 Å². The molecule has 0 saturated carbocycles. The number of carboxylic acid groups (broad SMARTS) is 1. The highest BCUT2D eigenvalue weighted by Gasteiger charge is 2.12. The maximum absolute atomic E-state index is 11.6. The number of aromatic hydroxyl groups is 1. The van der Waals surface area contributed by atoms with E-state index in [0.29, 0.717) is 17.7 Å². The van der Waals surface area contributed by atoms with Crippen LogP contribution in [-0.2, 0) is 11.2 Å². The molecule has 34 heavy (non-hydrogen) atoms. The Morgan fingerprint density at radius 3 is 1.47 bits per heavy atom. The summed E-state index contributed by atoms with van der Waals surface area (Å²) in [6, 6.07) is 3.95. The number of benzene rings is 1. The van der Waals surface area contributed by atoms with Gasteiger partial charge in [0.15, 0.2) is 0 Å². The molecular weight excluding hydrogens is 420 g/mol. The molecule has 0 fully saturated rings. The Kier molecular flexibility index (Phi) is 16.5. The van der Waals surface area contributed by atoms with Crippen LogP contribution in [0, 0.1) is 13.8 Å². The van der Waals surface area contributed by atoms with E-state index in [4.69, 9.17) is 0 Å². The Bertz CT molecular complexity index is 709. The molecule has 1 aromatic carbocycles. The van der Waals surface area contributed by atoms with Crippen molar-refractivity contribution in [3.05, 3.63) is 40.0 Å². The predicted octanol–water partition coefficient (Wildman–Crippen LogP) is 9.60. The van der Waals surface area contributed by atoms with E-state index in [1.807, 2.05) is 26.0 Å². The van der Waals surface area contributed by atoms with E-state index in [-0.39, 0.29) is 0 Å². The molecule has 0 heterocycles. The van der Waals surface area contributed by atoms with Crippen LogP contribution in [0.2, 0.25) is 0 Å². The Hall–Kier alpha value is -1.77. The molecule has 0 bridgehead atoms. The number of hydrogen-bond acceptors (Lipinski definition) is 2. The van der Waals surface area contributed by atoms with Crippen LogP contribution in [0.4, 0.5) is 0 Å². The molecule has 0 aliphatic carbocycles. The molecule has 194 valence electrons. The number of aryl methyl sites for hydroxylation is 2. The number of carbonyl (C=O) groups is 1. The van der Waals surface area contributed by atoms with Gasteiger partial charge in [-0.25, -0.2) is 4.79 Å². The maximum Gasteiger partial charge on any atom is 0.331 e. The van der Waals surface area contributed by atoms with E-state index in [1.165, 1.54) is 96.3 Å². The molecule has 0 spiro atoms. The summed E-state index contributed by atoms with van der Waals surface area (Å²) in [5.41, 5.74) is 4.28. The van der Waals surface area contributed by atoms with Gasteiger partial charge in [-0.2, -0.15) is 0 Å². The van der Waals surface area contributed by atoms with Crippen molar-refractivity contribution in [2.24, 2.45) is 0 Å². The average molecular weight is 473 g/mol. The number of carboxylic acids is 1. The fraction of sp³-hybridized carbons (Fsp3) is 0.710. The standard InChI is InChI=1S/C31H52O3/c1-5-6-7-8-9-10-11-12-13-14-15-16-17-18-19-20-21-29(27(4)31(33)34)24-28-22-25(2)30(32)26(3)23-28/h22-23,32H,5-21,24H2,1-4H3,(H,33,34). The molecule has 3 nitrogen and oxygen atoms in total. The highest BCUT2D eigenvalue weighted by Crippen LogP contribution is 2.26. The summed E-state index contributed by atoms with van der Waals surface area (Å²) in [4.78, 5) is 11.6. The van der Waals surface area contributed by atoms with E-state index < -0.39 is 5.97 Å². The highest BCUT2D eigenvalue weighted by atomic mass is 16.4. The Labute approximate surface area is 210 Å². The van der Waals surface area contributed by atoms with Crippen molar-refractivity contribution < 1.29 is 15.0 Å². The third-order valence-corrected chi connectivity index (χ3v) is 7.15. The molecule has 0 unspecified atom stereocenters. The van der Waals surface area contributed by atoms with Gasteiger partial charge in [0.1, 0.15) is 5.75 Å². The number of phenolic OH excluding ortho intramolecular Hbond substituents is 1. The summed E-state index contributed by atoms with van der Waals surface area (Å²) in [5, 5.41) is 19.5. The minimum Gasteiger partial charge on any atom is -0.507 e. The average Bonchev–Trinajstić information content (AvgIpc) is 2.80. The first-order valence-electron chi connectivity index (χ1n) is 14.1. The lowest BCUT2D eigenvalue weighted by atomic mass is 9.93. The molecule has 0 aromatic heterocycles. The molecule has 1 aromatic rings. The molecule has 0 amide bonds. The highest BCUT2D eigenvalue weighted by molar-refractivity contribution is 5.86. The number of phenols is 1. The maximum atomic E-state index is 11.6. The monoisotopic (exact) mass is 472 g/mol. The van der Waals surface area contributed by atoms with Crippen molar-refractivity contribution in [1.29, 1.82) is 0 Å². The van der Waals surface area contributed by atoms with Gasteiger partial charge in [0.25, 0.3) is 0 Å². The topological polar surface area (TPSA) is 57.5 Å². The summed E-state index contributed by atoms with van der Waals surface area (Å²) >= 11 is 0. The number of aliphatic carboxylic acids is 1. The molecule has 0 atom stereocenters. The molecule has 3 heteroatoms. The van der Waals surface area contributed by atoms with Gasteiger partial charge in [-0.3, -0.25) is 0 Å². The van der Waals surface area contributed by atoms with Crippen molar-refractivity contribution in [3.63, 3.8) is 0 Å². The summed E-state index contributed by atoms with van der Waals surface area (Å²) in [6.07, 6.45) is 23.0. The van der Waals surface area contributed by atoms with Crippen LogP contribution in [0.5, 0.6) is 5.75 Å². The molecule has 2 N–H and O–H groups in total. The normalized spacial score (nSPS) is 12.1. The quantitative estimate of drug-likeness (QED) is 0.147. The number of allylic oxidation sites excluding steroid dienone is 1. The molecule has 0 radical (unpaired) electrons. The third kappa shape index (κ3) is 13.2. The van der Waals surface area contributed by atoms with Crippen LogP contribution in [0.25, 0.3) is 0 Å².